The molecule has 0 spiro atoms. The van der Waals surface area contributed by atoms with Gasteiger partial charge >= 0.3 is 41.5 Å². The van der Waals surface area contributed by atoms with Crippen LogP contribution in [-0.4, -0.2) is 29.8 Å². The van der Waals surface area contributed by atoms with Crippen molar-refractivity contribution >= 4 is 36.4 Å². The molecule has 1 aromatic rings. The fourth-order valence-corrected chi connectivity index (χ4v) is 2.29. The monoisotopic (exact) mass is 444 g/mol. The zero-order valence-electron chi connectivity index (χ0n) is 11.4. The standard InChI is InChI=1S/C12H16OS.6FH.Sb/c1-3-11(4-2)14-12(13)10-8-6-5-7-9-10;;;;;;;/h5-9,11H,3-4H2,1-2H3;6*1H;/q;;;;;;;+5/p-5. The average Bonchev–Trinajstić information content (AvgIpc) is 2.33. The molecule has 1 aromatic carbocycles. The van der Waals surface area contributed by atoms with Crippen LogP contribution in [-0.2, 0) is 11.8 Å². The first-order chi connectivity index (χ1) is 9.22. The van der Waals surface area contributed by atoms with E-state index in [1.807, 2.05) is 30.3 Å². The zero-order chi connectivity index (χ0) is 16.8. The number of thiol groups is 1. The maximum absolute atomic E-state index is 11.8. The van der Waals surface area contributed by atoms with Crippen LogP contribution < -0.4 is 0 Å². The first-order valence-corrected chi connectivity index (χ1v) is 12.8. The molecule has 0 heterocycles. The Labute approximate surface area is 126 Å². The van der Waals surface area contributed by atoms with Crippen LogP contribution in [0.1, 0.15) is 37.0 Å². The fourth-order valence-electron chi connectivity index (χ4n) is 1.29. The predicted octanol–water partition coefficient (Wildman–Crippen LogP) is 4.97. The minimum atomic E-state index is -11.2. The number of rotatable bonds is 4. The first kappa shape index (κ1) is 20.6. The van der Waals surface area contributed by atoms with Gasteiger partial charge in [-0.3, -0.25) is 0 Å². The van der Waals surface area contributed by atoms with Crippen molar-refractivity contribution in [3.8, 4) is 0 Å². The molecular weight excluding hydrogens is 428 g/mol. The van der Waals surface area contributed by atoms with Gasteiger partial charge in [-0.1, -0.05) is 32.0 Å². The van der Waals surface area contributed by atoms with Crippen LogP contribution in [0.25, 0.3) is 0 Å². The summed E-state index contributed by atoms with van der Waals surface area (Å²) < 4.78 is 59.6. The van der Waals surface area contributed by atoms with Crippen molar-refractivity contribution in [2.75, 3.05) is 0 Å². The maximum atomic E-state index is 11.8. The molecule has 124 valence electrons. The van der Waals surface area contributed by atoms with Crippen molar-refractivity contribution in [1.29, 1.82) is 0 Å². The molecule has 0 bridgehead atoms. The first-order valence-electron chi connectivity index (χ1n) is 6.09. The van der Waals surface area contributed by atoms with Crippen LogP contribution in [0, 0.1) is 0 Å². The second-order valence-electron chi connectivity index (χ2n) is 4.23. The van der Waals surface area contributed by atoms with E-state index in [0.717, 1.165) is 30.2 Å². The molecular formula is C12H17F6OSSb. The Morgan fingerprint density at radius 2 is 1.38 bits per heavy atom. The summed E-state index contributed by atoms with van der Waals surface area (Å²) in [6.07, 6.45) is 2.16. The molecule has 1 nitrogen and oxygen atoms in total. The van der Waals surface area contributed by atoms with E-state index in [1.54, 1.807) is 0 Å². The molecule has 21 heavy (non-hydrogen) atoms. The molecule has 0 fully saturated rings. The van der Waals surface area contributed by atoms with E-state index in [1.165, 1.54) is 0 Å². The Kier molecular flexibility index (Phi) is 6.70. The fraction of sp³-hybridized carbons (Fsp3) is 0.417. The van der Waals surface area contributed by atoms with Crippen LogP contribution in [0.15, 0.2) is 30.3 Å². The second kappa shape index (κ2) is 6.82. The van der Waals surface area contributed by atoms with Crippen molar-refractivity contribution in [3.63, 3.8) is 0 Å². The van der Waals surface area contributed by atoms with Crippen LogP contribution in [0.5, 0.6) is 0 Å². The van der Waals surface area contributed by atoms with Crippen molar-refractivity contribution in [2.45, 2.75) is 31.9 Å². The number of halogens is 6. The SMILES string of the molecule is CCC(CC)[SH+]C(=O)c1ccccc1.[F][Sb-]([F])([F])([F])([F])[F]. The molecule has 0 saturated heterocycles. The number of carbonyl (C=O) groups excluding carboxylic acids is 1. The Balaban J connectivity index is 0.000000486. The minimum absolute atomic E-state index is 0.249. The van der Waals surface area contributed by atoms with Gasteiger partial charge in [0.15, 0.2) is 0 Å². The Morgan fingerprint density at radius 3 is 1.71 bits per heavy atom. The number of hydrogen-bond acceptors (Lipinski definition) is 1. The molecule has 0 N–H and O–H groups in total. The van der Waals surface area contributed by atoms with E-state index >= 15 is 0 Å². The molecule has 0 saturated carbocycles. The Hall–Kier alpha value is -0.362. The van der Waals surface area contributed by atoms with Gasteiger partial charge in [-0.2, -0.15) is 0 Å². The summed E-state index contributed by atoms with van der Waals surface area (Å²) in [5.41, 5.74) is 0.834. The molecule has 0 radical (unpaired) electrons. The van der Waals surface area contributed by atoms with Crippen LogP contribution in [0.3, 0.4) is 0 Å². The van der Waals surface area contributed by atoms with Crippen LogP contribution in [0.2, 0.25) is 0 Å². The van der Waals surface area contributed by atoms with Gasteiger partial charge in [0.05, 0.1) is 17.3 Å². The summed E-state index contributed by atoms with van der Waals surface area (Å²) in [5.74, 6) is 0. The van der Waals surface area contributed by atoms with Crippen LogP contribution in [0.4, 0.5) is 16.9 Å². The van der Waals surface area contributed by atoms with Crippen molar-refractivity contribution in [1.82, 2.24) is 0 Å². The third kappa shape index (κ3) is 15.8. The molecule has 9 heteroatoms. The van der Waals surface area contributed by atoms with Crippen molar-refractivity contribution < 1.29 is 21.7 Å². The topological polar surface area (TPSA) is 17.1 Å². The molecule has 0 amide bonds. The number of carbonyl (C=O) groups is 1. The van der Waals surface area contributed by atoms with E-state index in [9.17, 15) is 21.7 Å². The third-order valence-corrected chi connectivity index (χ3v) is 3.85. The summed E-state index contributed by atoms with van der Waals surface area (Å²) in [7, 11) is 0. The summed E-state index contributed by atoms with van der Waals surface area (Å²) in [5, 5.41) is 0.766. The van der Waals surface area contributed by atoms with Gasteiger partial charge in [0, 0.05) is 0 Å². The summed E-state index contributed by atoms with van der Waals surface area (Å²) in [6.45, 7) is 4.28. The van der Waals surface area contributed by atoms with Crippen molar-refractivity contribution in [3.05, 3.63) is 35.9 Å². The second-order valence-corrected chi connectivity index (χ2v) is 11.1. The van der Waals surface area contributed by atoms with E-state index in [-0.39, 0.29) is 5.12 Å². The number of benzene rings is 1. The predicted molar refractivity (Wildman–Crippen MR) is 76.3 cm³/mol. The van der Waals surface area contributed by atoms with E-state index < -0.39 is 19.5 Å². The van der Waals surface area contributed by atoms with Gasteiger partial charge in [-0.05, 0) is 25.0 Å². The van der Waals surface area contributed by atoms with Gasteiger partial charge in [0.1, 0.15) is 5.25 Å². The molecule has 0 aliphatic carbocycles. The van der Waals surface area contributed by atoms with Gasteiger partial charge in [0.2, 0.25) is 0 Å². The van der Waals surface area contributed by atoms with E-state index in [0.29, 0.717) is 5.25 Å². The average molecular weight is 445 g/mol. The zero-order valence-corrected chi connectivity index (χ0v) is 14.9. The van der Waals surface area contributed by atoms with E-state index in [4.69, 9.17) is 0 Å². The number of hydrogen-bond donors (Lipinski definition) is 0. The Bertz CT molecular complexity index is 443. The van der Waals surface area contributed by atoms with E-state index in [2.05, 4.69) is 13.8 Å². The quantitative estimate of drug-likeness (QED) is 0.277. The summed E-state index contributed by atoms with van der Waals surface area (Å²) in [6, 6.07) is 9.53. The van der Waals surface area contributed by atoms with Gasteiger partial charge < -0.3 is 0 Å². The molecule has 1 rings (SSSR count). The molecule has 0 aromatic heterocycles. The normalized spacial score (nSPS) is 14.7. The van der Waals surface area contributed by atoms with Crippen molar-refractivity contribution in [2.24, 2.45) is 0 Å². The van der Waals surface area contributed by atoms with Crippen LogP contribution >= 0.6 is 0 Å². The Morgan fingerprint density at radius 1 is 1.00 bits per heavy atom. The molecule has 0 aliphatic heterocycles. The molecule has 0 atom stereocenters. The summed E-state index contributed by atoms with van der Waals surface area (Å²) >= 11 is -10.3. The molecule has 0 unspecified atom stereocenters. The van der Waals surface area contributed by atoms with Gasteiger partial charge in [-0.25, -0.2) is 4.79 Å². The van der Waals surface area contributed by atoms with Gasteiger partial charge in [-0.15, -0.1) is 0 Å². The third-order valence-electron chi connectivity index (χ3n) is 2.26. The molecule has 0 aliphatic rings. The summed E-state index contributed by atoms with van der Waals surface area (Å²) in [4.78, 5) is 11.8. The van der Waals surface area contributed by atoms with Gasteiger partial charge in [0.25, 0.3) is 0 Å².